The summed E-state index contributed by atoms with van der Waals surface area (Å²) in [6, 6.07) is 9.73. The molecule has 0 saturated carbocycles. The minimum Gasteiger partial charge on any atom is -0.370 e. The van der Waals surface area contributed by atoms with Gasteiger partial charge in [0.05, 0.1) is 0 Å². The highest BCUT2D eigenvalue weighted by Crippen LogP contribution is 2.17. The van der Waals surface area contributed by atoms with Crippen molar-refractivity contribution in [1.82, 2.24) is 9.97 Å². The van der Waals surface area contributed by atoms with Crippen LogP contribution < -0.4 is 10.6 Å². The summed E-state index contributed by atoms with van der Waals surface area (Å²) in [5, 5.41) is 7.33. The molecule has 0 amide bonds. The Balaban J connectivity index is 1.99. The summed E-state index contributed by atoms with van der Waals surface area (Å²) in [6.07, 6.45) is 1.12. The zero-order chi connectivity index (χ0) is 15.9. The van der Waals surface area contributed by atoms with Gasteiger partial charge in [-0.25, -0.2) is 4.98 Å². The van der Waals surface area contributed by atoms with Crippen molar-refractivity contribution in [2.45, 2.75) is 33.7 Å². The van der Waals surface area contributed by atoms with E-state index in [-0.39, 0.29) is 0 Å². The number of nitrogens with one attached hydrogen (secondary N) is 2. The molecular formula is C17H23ClN4. The third-order valence-corrected chi connectivity index (χ3v) is 3.65. The van der Waals surface area contributed by atoms with Crippen molar-refractivity contribution in [2.75, 3.05) is 17.2 Å². The van der Waals surface area contributed by atoms with Crippen LogP contribution in [0.4, 0.5) is 11.8 Å². The molecule has 1 aromatic heterocycles. The van der Waals surface area contributed by atoms with Gasteiger partial charge in [0.2, 0.25) is 5.95 Å². The predicted molar refractivity (Wildman–Crippen MR) is 93.5 cm³/mol. The first-order valence-electron chi connectivity index (χ1n) is 7.61. The van der Waals surface area contributed by atoms with Crippen molar-refractivity contribution >= 4 is 23.4 Å². The van der Waals surface area contributed by atoms with E-state index < -0.39 is 0 Å². The van der Waals surface area contributed by atoms with E-state index in [2.05, 4.69) is 34.4 Å². The number of aryl methyl sites for hydroxylation is 1. The standard InChI is InChI=1S/C17H23ClN4/c1-12(2)8-9-19-16-10-13(3)21-17(22-16)20-11-14-6-4-5-7-15(14)18/h4-7,10,12H,8-9,11H2,1-3H3,(H2,19,20,21,22). The van der Waals surface area contributed by atoms with Crippen LogP contribution in [0.15, 0.2) is 30.3 Å². The van der Waals surface area contributed by atoms with Gasteiger partial charge in [-0.2, -0.15) is 4.98 Å². The Kier molecular flexibility index (Phi) is 6.01. The number of aromatic nitrogens is 2. The van der Waals surface area contributed by atoms with Gasteiger partial charge in [-0.3, -0.25) is 0 Å². The van der Waals surface area contributed by atoms with Gasteiger partial charge in [-0.15, -0.1) is 0 Å². The van der Waals surface area contributed by atoms with Gasteiger partial charge >= 0.3 is 0 Å². The van der Waals surface area contributed by atoms with Crippen LogP contribution >= 0.6 is 11.6 Å². The van der Waals surface area contributed by atoms with Gasteiger partial charge < -0.3 is 10.6 Å². The lowest BCUT2D eigenvalue weighted by atomic mass is 10.1. The van der Waals surface area contributed by atoms with E-state index in [0.29, 0.717) is 18.4 Å². The molecule has 118 valence electrons. The normalized spacial score (nSPS) is 10.8. The Morgan fingerprint density at radius 3 is 2.64 bits per heavy atom. The van der Waals surface area contributed by atoms with Crippen LogP contribution in [0.25, 0.3) is 0 Å². The lowest BCUT2D eigenvalue weighted by Gasteiger charge is -2.11. The fourth-order valence-corrected chi connectivity index (χ4v) is 2.25. The SMILES string of the molecule is Cc1cc(NCCC(C)C)nc(NCc2ccccc2Cl)n1. The van der Waals surface area contributed by atoms with Gasteiger partial charge in [-0.1, -0.05) is 43.6 Å². The maximum Gasteiger partial charge on any atom is 0.225 e. The Hall–Kier alpha value is -1.81. The number of nitrogens with zero attached hydrogens (tertiary/aromatic N) is 2. The molecule has 2 rings (SSSR count). The second-order valence-electron chi connectivity index (χ2n) is 5.77. The van der Waals surface area contributed by atoms with Crippen LogP contribution in [-0.2, 0) is 6.54 Å². The average Bonchev–Trinajstić information content (AvgIpc) is 2.45. The van der Waals surface area contributed by atoms with Crippen molar-refractivity contribution in [3.63, 3.8) is 0 Å². The first kappa shape index (κ1) is 16.6. The molecule has 0 aliphatic heterocycles. The molecule has 1 heterocycles. The number of halogens is 1. The molecular weight excluding hydrogens is 296 g/mol. The van der Waals surface area contributed by atoms with Crippen LogP contribution in [0.3, 0.4) is 0 Å². The Morgan fingerprint density at radius 1 is 1.14 bits per heavy atom. The number of hydrogen-bond acceptors (Lipinski definition) is 4. The van der Waals surface area contributed by atoms with Crippen LogP contribution in [0.5, 0.6) is 0 Å². The summed E-state index contributed by atoms with van der Waals surface area (Å²) in [7, 11) is 0. The van der Waals surface area contributed by atoms with E-state index >= 15 is 0 Å². The number of hydrogen-bond donors (Lipinski definition) is 2. The molecule has 1 aromatic carbocycles. The third-order valence-electron chi connectivity index (χ3n) is 3.28. The molecule has 0 saturated heterocycles. The van der Waals surface area contributed by atoms with E-state index in [1.807, 2.05) is 37.3 Å². The summed E-state index contributed by atoms with van der Waals surface area (Å²) in [5.74, 6) is 2.15. The highest BCUT2D eigenvalue weighted by Gasteiger charge is 2.04. The summed E-state index contributed by atoms with van der Waals surface area (Å²) < 4.78 is 0. The number of anilines is 2. The number of benzene rings is 1. The second-order valence-corrected chi connectivity index (χ2v) is 6.18. The zero-order valence-electron chi connectivity index (χ0n) is 13.4. The molecule has 4 nitrogen and oxygen atoms in total. The summed E-state index contributed by atoms with van der Waals surface area (Å²) in [6.45, 7) is 7.91. The van der Waals surface area contributed by atoms with Gasteiger partial charge in [0, 0.05) is 29.9 Å². The van der Waals surface area contributed by atoms with Crippen LogP contribution in [-0.4, -0.2) is 16.5 Å². The molecule has 0 spiro atoms. The quantitative estimate of drug-likeness (QED) is 0.788. The monoisotopic (exact) mass is 318 g/mol. The minimum atomic E-state index is 0.606. The minimum absolute atomic E-state index is 0.606. The summed E-state index contributed by atoms with van der Waals surface area (Å²) in [4.78, 5) is 8.92. The van der Waals surface area contributed by atoms with Crippen molar-refractivity contribution in [3.8, 4) is 0 Å². The van der Waals surface area contributed by atoms with Gasteiger partial charge in [0.15, 0.2) is 0 Å². The predicted octanol–water partition coefficient (Wildman–Crippen LogP) is 4.51. The van der Waals surface area contributed by atoms with Gasteiger partial charge in [-0.05, 0) is 30.9 Å². The molecule has 2 aromatic rings. The number of rotatable bonds is 7. The summed E-state index contributed by atoms with van der Waals surface area (Å²) >= 11 is 6.16. The first-order chi connectivity index (χ1) is 10.5. The van der Waals surface area contributed by atoms with Gasteiger partial charge in [0.25, 0.3) is 0 Å². The van der Waals surface area contributed by atoms with Crippen molar-refractivity contribution in [2.24, 2.45) is 5.92 Å². The molecule has 0 aliphatic rings. The largest absolute Gasteiger partial charge is 0.370 e. The second kappa shape index (κ2) is 7.99. The topological polar surface area (TPSA) is 49.8 Å². The Bertz CT molecular complexity index is 613. The van der Waals surface area contributed by atoms with E-state index in [4.69, 9.17) is 11.6 Å². The molecule has 0 unspecified atom stereocenters. The first-order valence-corrected chi connectivity index (χ1v) is 7.99. The molecule has 22 heavy (non-hydrogen) atoms. The van der Waals surface area contributed by atoms with E-state index in [9.17, 15) is 0 Å². The molecule has 0 fully saturated rings. The fraction of sp³-hybridized carbons (Fsp3) is 0.412. The molecule has 0 aliphatic carbocycles. The highest BCUT2D eigenvalue weighted by atomic mass is 35.5. The van der Waals surface area contributed by atoms with Gasteiger partial charge in [0.1, 0.15) is 5.82 Å². The lowest BCUT2D eigenvalue weighted by molar-refractivity contribution is 0.606. The Labute approximate surface area is 137 Å². The molecule has 2 N–H and O–H groups in total. The van der Waals surface area contributed by atoms with Crippen molar-refractivity contribution < 1.29 is 0 Å². The smallest absolute Gasteiger partial charge is 0.225 e. The highest BCUT2D eigenvalue weighted by molar-refractivity contribution is 6.31. The van der Waals surface area contributed by atoms with Crippen molar-refractivity contribution in [1.29, 1.82) is 0 Å². The van der Waals surface area contributed by atoms with Crippen LogP contribution in [0.1, 0.15) is 31.5 Å². The summed E-state index contributed by atoms with van der Waals surface area (Å²) in [5.41, 5.74) is 1.97. The fourth-order valence-electron chi connectivity index (χ4n) is 2.04. The maximum absolute atomic E-state index is 6.16. The van der Waals surface area contributed by atoms with Crippen molar-refractivity contribution in [3.05, 3.63) is 46.6 Å². The van der Waals surface area contributed by atoms with E-state index in [0.717, 1.165) is 35.1 Å². The molecule has 0 bridgehead atoms. The van der Waals surface area contributed by atoms with Crippen LogP contribution in [0, 0.1) is 12.8 Å². The average molecular weight is 319 g/mol. The van der Waals surface area contributed by atoms with E-state index in [1.165, 1.54) is 0 Å². The maximum atomic E-state index is 6.16. The third kappa shape index (κ3) is 5.19. The lowest BCUT2D eigenvalue weighted by Crippen LogP contribution is -2.10. The molecule has 0 radical (unpaired) electrons. The van der Waals surface area contributed by atoms with Crippen LogP contribution in [0.2, 0.25) is 5.02 Å². The molecule has 5 heteroatoms. The zero-order valence-corrected chi connectivity index (χ0v) is 14.1. The molecule has 0 atom stereocenters. The van der Waals surface area contributed by atoms with E-state index in [1.54, 1.807) is 0 Å². The Morgan fingerprint density at radius 2 is 1.91 bits per heavy atom.